The van der Waals surface area contributed by atoms with E-state index in [9.17, 15) is 9.59 Å². The first kappa shape index (κ1) is 21.4. The van der Waals surface area contributed by atoms with E-state index in [0.29, 0.717) is 11.4 Å². The van der Waals surface area contributed by atoms with E-state index in [-0.39, 0.29) is 21.8 Å². The van der Waals surface area contributed by atoms with E-state index in [1.165, 1.54) is 0 Å². The van der Waals surface area contributed by atoms with Crippen LogP contribution in [0.1, 0.15) is 0 Å². The van der Waals surface area contributed by atoms with Crippen LogP contribution in [0.5, 0.6) is 0 Å². The molecule has 2 aliphatic rings. The molecule has 2 saturated heterocycles. The third-order valence-electron chi connectivity index (χ3n) is 4.41. The Labute approximate surface area is 184 Å². The van der Waals surface area contributed by atoms with Crippen LogP contribution in [0.2, 0.25) is 0 Å². The topological polar surface area (TPSA) is 64.7 Å². The second-order valence-electron chi connectivity index (χ2n) is 6.26. The van der Waals surface area contributed by atoms with Gasteiger partial charge in [0.25, 0.3) is 11.8 Å². The third kappa shape index (κ3) is 5.59. The highest BCUT2D eigenvalue weighted by molar-refractivity contribution is 7.99. The van der Waals surface area contributed by atoms with Crippen molar-refractivity contribution in [3.05, 3.63) is 24.3 Å². The lowest BCUT2D eigenvalue weighted by atomic mass is 10.2. The molecule has 3 rings (SSSR count). The maximum atomic E-state index is 12.6. The second-order valence-corrected chi connectivity index (χ2v) is 9.49. The Morgan fingerprint density at radius 3 is 1.46 bits per heavy atom. The highest BCUT2D eigenvalue weighted by Crippen LogP contribution is 2.22. The van der Waals surface area contributed by atoms with Crippen molar-refractivity contribution in [1.82, 2.24) is 9.80 Å². The van der Waals surface area contributed by atoms with Gasteiger partial charge in [0.1, 0.15) is 0 Å². The van der Waals surface area contributed by atoms with Gasteiger partial charge in [-0.25, -0.2) is 0 Å². The van der Waals surface area contributed by atoms with Gasteiger partial charge in [0, 0.05) is 49.2 Å². The van der Waals surface area contributed by atoms with E-state index in [2.05, 4.69) is 10.6 Å². The summed E-state index contributed by atoms with van der Waals surface area (Å²) in [5.41, 5.74) is 1.01. The zero-order valence-electron chi connectivity index (χ0n) is 15.3. The summed E-state index contributed by atoms with van der Waals surface area (Å²) in [6.07, 6.45) is 0. The average molecular weight is 455 g/mol. The summed E-state index contributed by atoms with van der Waals surface area (Å²) in [6.45, 7) is 3.10. The third-order valence-corrected chi connectivity index (χ3v) is 7.18. The van der Waals surface area contributed by atoms with Gasteiger partial charge in [0.05, 0.1) is 11.4 Å². The lowest BCUT2D eigenvalue weighted by Gasteiger charge is -2.28. The number of thiocarbonyl (C=S) groups is 2. The van der Waals surface area contributed by atoms with Gasteiger partial charge in [-0.3, -0.25) is 9.59 Å². The minimum atomic E-state index is -0.334. The highest BCUT2D eigenvalue weighted by Gasteiger charge is 2.23. The lowest BCUT2D eigenvalue weighted by Crippen LogP contribution is -2.43. The van der Waals surface area contributed by atoms with E-state index < -0.39 is 0 Å². The zero-order valence-corrected chi connectivity index (χ0v) is 18.6. The number of anilines is 2. The van der Waals surface area contributed by atoms with E-state index in [0.717, 1.165) is 49.2 Å². The summed E-state index contributed by atoms with van der Waals surface area (Å²) in [7, 11) is 0. The van der Waals surface area contributed by atoms with Crippen molar-refractivity contribution in [2.75, 3.05) is 59.8 Å². The number of benzene rings is 1. The molecule has 150 valence electrons. The van der Waals surface area contributed by atoms with Crippen LogP contribution >= 0.6 is 48.0 Å². The fourth-order valence-electron chi connectivity index (χ4n) is 2.87. The van der Waals surface area contributed by atoms with Crippen LogP contribution in [-0.2, 0) is 9.59 Å². The van der Waals surface area contributed by atoms with Gasteiger partial charge in [-0.05, 0) is 12.1 Å². The van der Waals surface area contributed by atoms with E-state index in [1.807, 2.05) is 33.3 Å². The fraction of sp³-hybridized carbons (Fsp3) is 0.444. The maximum absolute atomic E-state index is 12.6. The molecule has 10 heteroatoms. The van der Waals surface area contributed by atoms with Crippen LogP contribution in [0.25, 0.3) is 0 Å². The smallest absolute Gasteiger partial charge is 0.283 e. The van der Waals surface area contributed by atoms with Crippen LogP contribution < -0.4 is 10.6 Å². The van der Waals surface area contributed by atoms with Crippen LogP contribution in [0, 0.1) is 0 Å². The molecule has 2 aliphatic heterocycles. The van der Waals surface area contributed by atoms with Crippen molar-refractivity contribution in [3.63, 3.8) is 0 Å². The number of rotatable bonds is 2. The quantitative estimate of drug-likeness (QED) is 0.660. The Balaban J connectivity index is 1.63. The van der Waals surface area contributed by atoms with Gasteiger partial charge < -0.3 is 20.4 Å². The molecule has 0 unspecified atom stereocenters. The van der Waals surface area contributed by atoms with Crippen LogP contribution in [0.4, 0.5) is 11.4 Å². The number of carbonyl (C=O) groups excluding carboxylic acids is 2. The zero-order chi connectivity index (χ0) is 19.9. The number of para-hydroxylation sites is 2. The number of amides is 2. The van der Waals surface area contributed by atoms with E-state index in [4.69, 9.17) is 24.4 Å². The second kappa shape index (κ2) is 10.4. The van der Waals surface area contributed by atoms with Crippen molar-refractivity contribution in [3.8, 4) is 0 Å². The molecule has 0 atom stereocenters. The Hall–Kier alpha value is -1.36. The number of hydrogen-bond acceptors (Lipinski definition) is 6. The molecule has 0 aliphatic carbocycles. The molecule has 2 heterocycles. The van der Waals surface area contributed by atoms with Crippen molar-refractivity contribution in [2.24, 2.45) is 0 Å². The van der Waals surface area contributed by atoms with Crippen LogP contribution in [-0.4, -0.2) is 80.8 Å². The summed E-state index contributed by atoms with van der Waals surface area (Å²) in [5, 5.41) is 5.66. The van der Waals surface area contributed by atoms with Crippen molar-refractivity contribution in [1.29, 1.82) is 0 Å². The van der Waals surface area contributed by atoms with Gasteiger partial charge in [-0.1, -0.05) is 36.6 Å². The predicted octanol–water partition coefficient (Wildman–Crippen LogP) is 2.32. The number of carbonyl (C=O) groups is 2. The van der Waals surface area contributed by atoms with Gasteiger partial charge >= 0.3 is 0 Å². The fourth-order valence-corrected chi connectivity index (χ4v) is 5.15. The summed E-state index contributed by atoms with van der Waals surface area (Å²) >= 11 is 14.4. The predicted molar refractivity (Wildman–Crippen MR) is 127 cm³/mol. The van der Waals surface area contributed by atoms with Crippen LogP contribution in [0.15, 0.2) is 24.3 Å². The lowest BCUT2D eigenvalue weighted by molar-refractivity contribution is -0.111. The molecule has 0 spiro atoms. The molecular weight excluding hydrogens is 432 g/mol. The molecule has 1 aromatic rings. The van der Waals surface area contributed by atoms with Crippen molar-refractivity contribution < 1.29 is 9.59 Å². The summed E-state index contributed by atoms with van der Waals surface area (Å²) in [4.78, 5) is 29.6. The standard InChI is InChI=1S/C18H22N4O2S4/c23-15(17(25)21-5-9-27-10-6-21)19-13-3-1-2-4-14(13)20-16(24)18(26)22-7-11-28-12-8-22/h1-4H,5-12H2,(H,19,23)(H,20,24). The van der Waals surface area contributed by atoms with Gasteiger partial charge in [0.15, 0.2) is 9.98 Å². The normalized spacial score (nSPS) is 17.0. The maximum Gasteiger partial charge on any atom is 0.283 e. The number of hydrogen-bond donors (Lipinski definition) is 2. The summed E-state index contributed by atoms with van der Waals surface area (Å²) < 4.78 is 0. The molecule has 1 aromatic carbocycles. The summed E-state index contributed by atoms with van der Waals surface area (Å²) in [6, 6.07) is 7.07. The molecule has 28 heavy (non-hydrogen) atoms. The van der Waals surface area contributed by atoms with Crippen LogP contribution in [0.3, 0.4) is 0 Å². The summed E-state index contributed by atoms with van der Waals surface area (Å²) in [5.74, 6) is 3.19. The average Bonchev–Trinajstić information content (AvgIpc) is 2.75. The number of thioether (sulfide) groups is 2. The largest absolute Gasteiger partial charge is 0.357 e. The first-order valence-electron chi connectivity index (χ1n) is 9.01. The number of nitrogens with zero attached hydrogens (tertiary/aromatic N) is 2. The Kier molecular flexibility index (Phi) is 7.95. The molecule has 0 bridgehead atoms. The molecule has 2 amide bonds. The SMILES string of the molecule is O=C(Nc1ccccc1NC(=O)C(=S)N1CCSCC1)C(=S)N1CCSCC1. The van der Waals surface area contributed by atoms with Crippen molar-refractivity contribution >= 4 is 81.1 Å². The Morgan fingerprint density at radius 1 is 0.750 bits per heavy atom. The van der Waals surface area contributed by atoms with Gasteiger partial charge in [-0.15, -0.1) is 0 Å². The van der Waals surface area contributed by atoms with Gasteiger partial charge in [-0.2, -0.15) is 23.5 Å². The monoisotopic (exact) mass is 454 g/mol. The highest BCUT2D eigenvalue weighted by atomic mass is 32.2. The molecule has 0 aromatic heterocycles. The molecule has 0 radical (unpaired) electrons. The van der Waals surface area contributed by atoms with E-state index in [1.54, 1.807) is 24.3 Å². The minimum absolute atomic E-state index is 0.280. The first-order chi connectivity index (χ1) is 13.6. The molecule has 6 nitrogen and oxygen atoms in total. The van der Waals surface area contributed by atoms with Crippen molar-refractivity contribution in [2.45, 2.75) is 0 Å². The number of nitrogens with one attached hydrogen (secondary N) is 2. The minimum Gasteiger partial charge on any atom is -0.357 e. The first-order valence-corrected chi connectivity index (χ1v) is 12.1. The van der Waals surface area contributed by atoms with Gasteiger partial charge in [0.2, 0.25) is 0 Å². The Morgan fingerprint density at radius 2 is 1.11 bits per heavy atom. The Bertz CT molecular complexity index is 699. The van der Waals surface area contributed by atoms with E-state index >= 15 is 0 Å². The molecule has 2 fully saturated rings. The molecule has 0 saturated carbocycles. The molecular formula is C18H22N4O2S4. The molecule has 2 N–H and O–H groups in total.